The van der Waals surface area contributed by atoms with E-state index in [1.807, 2.05) is 0 Å². The van der Waals surface area contributed by atoms with Gasteiger partial charge in [-0.25, -0.2) is 0 Å². The van der Waals surface area contributed by atoms with Crippen molar-refractivity contribution in [3.8, 4) is 11.5 Å². The van der Waals surface area contributed by atoms with Crippen molar-refractivity contribution in [2.45, 2.75) is 0 Å². The molecule has 7 nitrogen and oxygen atoms in total. The number of rotatable bonds is 4. The molecule has 2 aromatic rings. The highest BCUT2D eigenvalue weighted by Gasteiger charge is 2.14. The number of amidine groups is 1. The first-order chi connectivity index (χ1) is 10.0. The first kappa shape index (κ1) is 14.8. The van der Waals surface area contributed by atoms with Gasteiger partial charge < -0.3 is 15.7 Å². The normalized spacial score (nSPS) is 11.2. The molecular formula is C13H10BrN3O4. The molecule has 0 spiro atoms. The third-order valence-corrected chi connectivity index (χ3v) is 3.26. The van der Waals surface area contributed by atoms with Crippen LogP contribution in [-0.2, 0) is 0 Å². The third-order valence-electron chi connectivity index (χ3n) is 2.60. The predicted octanol–water partition coefficient (Wildman–Crippen LogP) is 3.24. The maximum absolute atomic E-state index is 10.8. The molecule has 0 saturated heterocycles. The SMILES string of the molecule is N/C(=N/O)c1c(Br)cccc1Oc1cccc([N+](=O)[O-])c1. The number of nitro benzene ring substituents is 1. The van der Waals surface area contributed by atoms with Gasteiger partial charge in [0.15, 0.2) is 5.84 Å². The highest BCUT2D eigenvalue weighted by Crippen LogP contribution is 2.31. The summed E-state index contributed by atoms with van der Waals surface area (Å²) in [7, 11) is 0. The van der Waals surface area contributed by atoms with Gasteiger partial charge >= 0.3 is 0 Å². The Morgan fingerprint density at radius 2 is 2.05 bits per heavy atom. The standard InChI is InChI=1S/C13H10BrN3O4/c14-10-5-2-6-11(12(10)13(15)16-18)21-9-4-1-3-8(7-9)17(19)20/h1-7,18H,(H2,15,16). The Bertz CT molecular complexity index is 718. The molecule has 108 valence electrons. The van der Waals surface area contributed by atoms with E-state index in [1.54, 1.807) is 24.3 Å². The lowest BCUT2D eigenvalue weighted by molar-refractivity contribution is -0.384. The van der Waals surface area contributed by atoms with Crippen LogP contribution in [-0.4, -0.2) is 16.0 Å². The minimum Gasteiger partial charge on any atom is -0.456 e. The summed E-state index contributed by atoms with van der Waals surface area (Å²) in [5, 5.41) is 22.5. The highest BCUT2D eigenvalue weighted by atomic mass is 79.9. The smallest absolute Gasteiger partial charge is 0.273 e. The van der Waals surface area contributed by atoms with Crippen LogP contribution < -0.4 is 10.5 Å². The average Bonchev–Trinajstić information content (AvgIpc) is 2.47. The maximum atomic E-state index is 10.8. The molecule has 0 fully saturated rings. The lowest BCUT2D eigenvalue weighted by Gasteiger charge is -2.11. The van der Waals surface area contributed by atoms with E-state index in [0.29, 0.717) is 15.8 Å². The summed E-state index contributed by atoms with van der Waals surface area (Å²) in [6.45, 7) is 0. The molecule has 2 aromatic carbocycles. The molecule has 0 atom stereocenters. The number of halogens is 1. The first-order valence-corrected chi connectivity index (χ1v) is 6.51. The number of nitrogens with two attached hydrogens (primary N) is 1. The number of nitro groups is 1. The number of non-ortho nitro benzene ring substituents is 1. The van der Waals surface area contributed by atoms with Crippen LogP contribution >= 0.6 is 15.9 Å². The van der Waals surface area contributed by atoms with Crippen molar-refractivity contribution in [2.75, 3.05) is 0 Å². The second-order valence-corrected chi connectivity index (χ2v) is 4.81. The number of hydrogen-bond acceptors (Lipinski definition) is 5. The van der Waals surface area contributed by atoms with Gasteiger partial charge in [0.25, 0.3) is 5.69 Å². The van der Waals surface area contributed by atoms with Crippen LogP contribution in [0.3, 0.4) is 0 Å². The van der Waals surface area contributed by atoms with Gasteiger partial charge in [0.2, 0.25) is 0 Å². The Labute approximate surface area is 127 Å². The Kier molecular flexibility index (Phi) is 4.39. The molecule has 0 heterocycles. The number of benzene rings is 2. The van der Waals surface area contributed by atoms with E-state index in [2.05, 4.69) is 21.1 Å². The summed E-state index contributed by atoms with van der Waals surface area (Å²) in [6, 6.07) is 10.7. The molecule has 0 radical (unpaired) electrons. The molecule has 0 aromatic heterocycles. The van der Waals surface area contributed by atoms with Crippen LogP contribution in [0.25, 0.3) is 0 Å². The number of hydrogen-bond donors (Lipinski definition) is 2. The van der Waals surface area contributed by atoms with Crippen molar-refractivity contribution in [3.63, 3.8) is 0 Å². The van der Waals surface area contributed by atoms with Gasteiger partial charge in [-0.15, -0.1) is 0 Å². The van der Waals surface area contributed by atoms with E-state index >= 15 is 0 Å². The summed E-state index contributed by atoms with van der Waals surface area (Å²) in [4.78, 5) is 10.2. The van der Waals surface area contributed by atoms with Gasteiger partial charge in [-0.2, -0.15) is 0 Å². The number of nitrogens with zero attached hydrogens (tertiary/aromatic N) is 2. The first-order valence-electron chi connectivity index (χ1n) is 5.71. The van der Waals surface area contributed by atoms with Crippen LogP contribution in [0.4, 0.5) is 5.69 Å². The molecule has 0 aliphatic carbocycles. The van der Waals surface area contributed by atoms with Crippen LogP contribution in [0.5, 0.6) is 11.5 Å². The molecule has 0 bridgehead atoms. The lowest BCUT2D eigenvalue weighted by atomic mass is 10.2. The largest absolute Gasteiger partial charge is 0.456 e. The zero-order valence-corrected chi connectivity index (χ0v) is 12.1. The molecule has 0 unspecified atom stereocenters. The molecule has 3 N–H and O–H groups in total. The summed E-state index contributed by atoms with van der Waals surface area (Å²) < 4.78 is 6.17. The van der Waals surface area contributed by atoms with Crippen molar-refractivity contribution >= 4 is 27.5 Å². The van der Waals surface area contributed by atoms with E-state index in [-0.39, 0.29) is 17.3 Å². The lowest BCUT2D eigenvalue weighted by Crippen LogP contribution is -2.15. The molecule has 0 saturated carbocycles. The molecule has 2 rings (SSSR count). The zero-order valence-electron chi connectivity index (χ0n) is 10.6. The second-order valence-electron chi connectivity index (χ2n) is 3.95. The van der Waals surface area contributed by atoms with E-state index in [1.165, 1.54) is 18.2 Å². The van der Waals surface area contributed by atoms with Crippen molar-refractivity contribution in [3.05, 3.63) is 62.6 Å². The third kappa shape index (κ3) is 3.29. The van der Waals surface area contributed by atoms with Gasteiger partial charge in [0.05, 0.1) is 16.6 Å². The number of ether oxygens (including phenoxy) is 1. The van der Waals surface area contributed by atoms with Gasteiger partial charge in [-0.1, -0.05) is 17.3 Å². The Balaban J connectivity index is 2.43. The summed E-state index contributed by atoms with van der Waals surface area (Å²) in [5.74, 6) is 0.442. The second kappa shape index (κ2) is 6.23. The van der Waals surface area contributed by atoms with E-state index in [0.717, 1.165) is 0 Å². The Morgan fingerprint density at radius 3 is 2.71 bits per heavy atom. The van der Waals surface area contributed by atoms with Crippen LogP contribution in [0.15, 0.2) is 52.1 Å². The van der Waals surface area contributed by atoms with Crippen LogP contribution in [0.1, 0.15) is 5.56 Å². The monoisotopic (exact) mass is 351 g/mol. The van der Waals surface area contributed by atoms with E-state index in [4.69, 9.17) is 15.7 Å². The highest BCUT2D eigenvalue weighted by molar-refractivity contribution is 9.10. The molecule has 0 amide bonds. The van der Waals surface area contributed by atoms with Gasteiger partial charge in [0.1, 0.15) is 11.5 Å². The molecule has 0 aliphatic rings. The molecule has 8 heteroatoms. The van der Waals surface area contributed by atoms with Gasteiger partial charge in [-0.05, 0) is 34.1 Å². The minimum absolute atomic E-state index is 0.0900. The van der Waals surface area contributed by atoms with Crippen molar-refractivity contribution in [1.29, 1.82) is 0 Å². The summed E-state index contributed by atoms with van der Waals surface area (Å²) in [6.07, 6.45) is 0. The predicted molar refractivity (Wildman–Crippen MR) is 79.8 cm³/mol. The summed E-state index contributed by atoms with van der Waals surface area (Å²) >= 11 is 3.28. The van der Waals surface area contributed by atoms with Crippen molar-refractivity contribution in [1.82, 2.24) is 0 Å². The Morgan fingerprint density at radius 1 is 1.33 bits per heavy atom. The summed E-state index contributed by atoms with van der Waals surface area (Å²) in [5.41, 5.74) is 5.87. The van der Waals surface area contributed by atoms with Gasteiger partial charge in [-0.3, -0.25) is 10.1 Å². The molecule has 0 aliphatic heterocycles. The fourth-order valence-electron chi connectivity index (χ4n) is 1.68. The fourth-order valence-corrected chi connectivity index (χ4v) is 2.23. The topological polar surface area (TPSA) is 111 Å². The minimum atomic E-state index is -0.516. The van der Waals surface area contributed by atoms with Crippen molar-refractivity contribution < 1.29 is 14.9 Å². The van der Waals surface area contributed by atoms with Crippen molar-refractivity contribution in [2.24, 2.45) is 10.9 Å². The molecular weight excluding hydrogens is 342 g/mol. The van der Waals surface area contributed by atoms with E-state index in [9.17, 15) is 10.1 Å². The fraction of sp³-hybridized carbons (Fsp3) is 0. The number of oxime groups is 1. The zero-order chi connectivity index (χ0) is 15.4. The van der Waals surface area contributed by atoms with Gasteiger partial charge in [0, 0.05) is 10.5 Å². The Hall–Kier alpha value is -2.61. The van der Waals surface area contributed by atoms with Crippen LogP contribution in [0.2, 0.25) is 0 Å². The van der Waals surface area contributed by atoms with E-state index < -0.39 is 4.92 Å². The molecule has 21 heavy (non-hydrogen) atoms. The van der Waals surface area contributed by atoms with Crippen LogP contribution in [0, 0.1) is 10.1 Å². The quantitative estimate of drug-likeness (QED) is 0.288. The average molecular weight is 352 g/mol. The maximum Gasteiger partial charge on any atom is 0.273 e.